The van der Waals surface area contributed by atoms with Gasteiger partial charge in [-0.15, -0.1) is 0 Å². The molecule has 0 bridgehead atoms. The van der Waals surface area contributed by atoms with E-state index in [0.29, 0.717) is 37.5 Å². The molecule has 1 aromatic rings. The van der Waals surface area contributed by atoms with Gasteiger partial charge in [-0.05, 0) is 62.3 Å². The maximum atomic E-state index is 13.6. The molecule has 3 aliphatic heterocycles. The van der Waals surface area contributed by atoms with Gasteiger partial charge in [0.2, 0.25) is 15.9 Å². The number of carbonyl (C=O) groups is 1. The lowest BCUT2D eigenvalue weighted by molar-refractivity contribution is -0.117. The number of methoxy groups -OCH3 is 1. The summed E-state index contributed by atoms with van der Waals surface area (Å²) in [6, 6.07) is 5.04. The maximum absolute atomic E-state index is 13.6. The minimum atomic E-state index is -3.71. The van der Waals surface area contributed by atoms with Crippen LogP contribution < -0.4 is 15.0 Å². The Morgan fingerprint density at radius 2 is 1.96 bits per heavy atom. The quantitative estimate of drug-likeness (QED) is 0.826. The Morgan fingerprint density at radius 1 is 1.14 bits per heavy atom. The summed E-state index contributed by atoms with van der Waals surface area (Å²) >= 11 is 0. The van der Waals surface area contributed by atoms with Crippen LogP contribution in [0.25, 0.3) is 0 Å². The molecule has 1 N–H and O–H groups in total. The van der Waals surface area contributed by atoms with Crippen LogP contribution in [0.3, 0.4) is 0 Å². The number of carbonyl (C=O) groups excluding carboxylic acids is 1. The molecule has 28 heavy (non-hydrogen) atoms. The highest BCUT2D eigenvalue weighted by Crippen LogP contribution is 2.40. The van der Waals surface area contributed by atoms with Crippen molar-refractivity contribution in [1.82, 2.24) is 9.62 Å². The van der Waals surface area contributed by atoms with Gasteiger partial charge in [-0.25, -0.2) is 8.42 Å². The van der Waals surface area contributed by atoms with Gasteiger partial charge in [0.05, 0.1) is 7.11 Å². The van der Waals surface area contributed by atoms with Crippen molar-refractivity contribution in [2.45, 2.75) is 43.4 Å². The van der Waals surface area contributed by atoms with Crippen molar-refractivity contribution in [3.63, 3.8) is 0 Å². The third kappa shape index (κ3) is 3.53. The molecule has 4 rings (SSSR count). The van der Waals surface area contributed by atoms with Gasteiger partial charge in [0, 0.05) is 38.3 Å². The van der Waals surface area contributed by atoms with Crippen LogP contribution in [0.15, 0.2) is 23.1 Å². The number of nitrogens with one attached hydrogen (secondary N) is 1. The number of piperidine rings is 2. The first kappa shape index (κ1) is 19.7. The van der Waals surface area contributed by atoms with Crippen LogP contribution in [0.2, 0.25) is 0 Å². The monoisotopic (exact) mass is 407 g/mol. The summed E-state index contributed by atoms with van der Waals surface area (Å²) < 4.78 is 34.1. The number of rotatable bonds is 4. The van der Waals surface area contributed by atoms with Gasteiger partial charge in [0.1, 0.15) is 10.6 Å². The molecule has 154 valence electrons. The number of amides is 1. The molecular formula is C20H29N3O4S. The molecule has 0 radical (unpaired) electrons. The molecule has 1 spiro atoms. The van der Waals surface area contributed by atoms with E-state index in [9.17, 15) is 13.2 Å². The lowest BCUT2D eigenvalue weighted by atomic mass is 9.75. The van der Waals surface area contributed by atoms with Crippen molar-refractivity contribution in [2.24, 2.45) is 5.41 Å². The Labute approximate surface area is 167 Å². The molecule has 7 nitrogen and oxygen atoms in total. The van der Waals surface area contributed by atoms with Crippen LogP contribution in [0.4, 0.5) is 5.69 Å². The number of benzene rings is 1. The van der Waals surface area contributed by atoms with Gasteiger partial charge < -0.3 is 15.0 Å². The fraction of sp³-hybridized carbons (Fsp3) is 0.650. The van der Waals surface area contributed by atoms with E-state index in [0.717, 1.165) is 45.2 Å². The fourth-order valence-corrected chi connectivity index (χ4v) is 6.61. The minimum absolute atomic E-state index is 0.0271. The van der Waals surface area contributed by atoms with Crippen molar-refractivity contribution < 1.29 is 17.9 Å². The van der Waals surface area contributed by atoms with Gasteiger partial charge in [0.25, 0.3) is 0 Å². The number of hydrogen-bond donors (Lipinski definition) is 1. The molecule has 1 unspecified atom stereocenters. The average Bonchev–Trinajstić information content (AvgIpc) is 3.14. The number of ether oxygens (including phenoxy) is 1. The zero-order valence-corrected chi connectivity index (χ0v) is 17.3. The molecule has 1 aromatic carbocycles. The maximum Gasteiger partial charge on any atom is 0.246 e. The Morgan fingerprint density at radius 3 is 2.64 bits per heavy atom. The second-order valence-corrected chi connectivity index (χ2v) is 10.1. The van der Waals surface area contributed by atoms with Crippen LogP contribution in [-0.2, 0) is 14.8 Å². The highest BCUT2D eigenvalue weighted by molar-refractivity contribution is 7.89. The number of nitrogens with zero attached hydrogens (tertiary/aromatic N) is 2. The van der Waals surface area contributed by atoms with E-state index in [-0.39, 0.29) is 16.2 Å². The first-order valence-electron chi connectivity index (χ1n) is 10.1. The van der Waals surface area contributed by atoms with E-state index in [1.165, 1.54) is 7.11 Å². The smallest absolute Gasteiger partial charge is 0.246 e. The largest absolute Gasteiger partial charge is 0.495 e. The standard InChI is InChI=1S/C20H29N3O4S/c1-27-17-7-6-16(23-12-2-5-19(23)24)13-18(17)28(25,26)22-11-4-9-20(15-22)8-3-10-21-14-20/h6-7,13,21H,2-5,8-12,14-15H2,1H3. The summed E-state index contributed by atoms with van der Waals surface area (Å²) in [4.78, 5) is 14.0. The van der Waals surface area contributed by atoms with Gasteiger partial charge >= 0.3 is 0 Å². The van der Waals surface area contributed by atoms with E-state index in [4.69, 9.17) is 4.74 Å². The second kappa shape index (κ2) is 7.65. The Bertz CT molecular complexity index is 843. The summed E-state index contributed by atoms with van der Waals surface area (Å²) in [6.45, 7) is 3.58. The summed E-state index contributed by atoms with van der Waals surface area (Å²) in [5.41, 5.74) is 0.659. The summed E-state index contributed by atoms with van der Waals surface area (Å²) in [6.07, 6.45) is 5.39. The van der Waals surface area contributed by atoms with Crippen molar-refractivity contribution in [2.75, 3.05) is 44.7 Å². The summed E-state index contributed by atoms with van der Waals surface area (Å²) in [5, 5.41) is 3.44. The molecule has 3 heterocycles. The highest BCUT2D eigenvalue weighted by atomic mass is 32.2. The van der Waals surface area contributed by atoms with E-state index >= 15 is 0 Å². The molecule has 3 fully saturated rings. The molecule has 3 saturated heterocycles. The first-order chi connectivity index (χ1) is 13.5. The van der Waals surface area contributed by atoms with E-state index in [1.54, 1.807) is 27.4 Å². The highest BCUT2D eigenvalue weighted by Gasteiger charge is 2.41. The Kier molecular flexibility index (Phi) is 5.37. The minimum Gasteiger partial charge on any atom is -0.495 e. The van der Waals surface area contributed by atoms with Gasteiger partial charge in [-0.1, -0.05) is 0 Å². The lowest BCUT2D eigenvalue weighted by Gasteiger charge is -2.44. The number of sulfonamides is 1. The normalized spacial score (nSPS) is 26.8. The average molecular weight is 408 g/mol. The van der Waals surface area contributed by atoms with Crippen molar-refractivity contribution in [3.8, 4) is 5.75 Å². The number of hydrogen-bond acceptors (Lipinski definition) is 5. The predicted octanol–water partition coefficient (Wildman–Crippen LogP) is 1.98. The second-order valence-electron chi connectivity index (χ2n) is 8.21. The van der Waals surface area contributed by atoms with Crippen LogP contribution in [0.5, 0.6) is 5.75 Å². The van der Waals surface area contributed by atoms with Crippen LogP contribution in [0, 0.1) is 5.41 Å². The van der Waals surface area contributed by atoms with E-state index < -0.39 is 10.0 Å². The molecule has 8 heteroatoms. The molecule has 0 aromatic heterocycles. The fourth-order valence-electron chi connectivity index (χ4n) is 4.84. The van der Waals surface area contributed by atoms with Crippen molar-refractivity contribution >= 4 is 21.6 Å². The van der Waals surface area contributed by atoms with E-state index in [2.05, 4.69) is 5.32 Å². The van der Waals surface area contributed by atoms with E-state index in [1.807, 2.05) is 0 Å². The molecule has 1 amide bonds. The lowest BCUT2D eigenvalue weighted by Crippen LogP contribution is -2.52. The van der Waals surface area contributed by atoms with Gasteiger partial charge in [-0.3, -0.25) is 4.79 Å². The molecule has 0 saturated carbocycles. The zero-order valence-electron chi connectivity index (χ0n) is 16.4. The molecule has 0 aliphatic carbocycles. The number of anilines is 1. The van der Waals surface area contributed by atoms with Crippen LogP contribution in [-0.4, -0.2) is 58.5 Å². The zero-order chi connectivity index (χ0) is 19.8. The van der Waals surface area contributed by atoms with Crippen molar-refractivity contribution in [3.05, 3.63) is 18.2 Å². The summed E-state index contributed by atoms with van der Waals surface area (Å²) in [5.74, 6) is 0.371. The van der Waals surface area contributed by atoms with Crippen LogP contribution in [0.1, 0.15) is 38.5 Å². The predicted molar refractivity (Wildman–Crippen MR) is 107 cm³/mol. The van der Waals surface area contributed by atoms with Gasteiger partial charge in [-0.2, -0.15) is 4.31 Å². The Balaban J connectivity index is 1.67. The SMILES string of the molecule is COc1ccc(N2CCCC2=O)cc1S(=O)(=O)N1CCCC2(CCCNC2)C1. The topological polar surface area (TPSA) is 79.0 Å². The molecule has 1 atom stereocenters. The van der Waals surface area contributed by atoms with Crippen molar-refractivity contribution in [1.29, 1.82) is 0 Å². The third-order valence-electron chi connectivity index (χ3n) is 6.34. The first-order valence-corrected chi connectivity index (χ1v) is 11.6. The molecular weight excluding hydrogens is 378 g/mol. The molecule has 3 aliphatic rings. The van der Waals surface area contributed by atoms with Crippen LogP contribution >= 0.6 is 0 Å². The summed E-state index contributed by atoms with van der Waals surface area (Å²) in [7, 11) is -2.22. The Hall–Kier alpha value is -1.64. The van der Waals surface area contributed by atoms with Gasteiger partial charge in [0.15, 0.2) is 0 Å². The third-order valence-corrected chi connectivity index (χ3v) is 8.20.